The van der Waals surface area contributed by atoms with Gasteiger partial charge in [-0.25, -0.2) is 4.79 Å². The van der Waals surface area contributed by atoms with Crippen molar-refractivity contribution in [2.45, 2.75) is 0 Å². The van der Waals surface area contributed by atoms with E-state index in [1.807, 2.05) is 54.6 Å². The largest absolute Gasteiger partial charge is 0.483 e. The van der Waals surface area contributed by atoms with Crippen molar-refractivity contribution in [3.05, 3.63) is 78.5 Å². The minimum absolute atomic E-state index is 0.146. The fourth-order valence-electron chi connectivity index (χ4n) is 3.19. The molecule has 0 saturated carbocycles. The second-order valence-electron chi connectivity index (χ2n) is 6.08. The van der Waals surface area contributed by atoms with Gasteiger partial charge in [0, 0.05) is 17.0 Å². The van der Waals surface area contributed by atoms with Gasteiger partial charge >= 0.3 is 5.97 Å². The summed E-state index contributed by atoms with van der Waals surface area (Å²) in [5.74, 6) is -0.104. The van der Waals surface area contributed by atoms with Crippen LogP contribution in [0.1, 0.15) is 15.2 Å². The second kappa shape index (κ2) is 6.96. The number of rotatable bonds is 4. The predicted molar refractivity (Wildman–Crippen MR) is 103 cm³/mol. The van der Waals surface area contributed by atoms with Crippen molar-refractivity contribution in [1.82, 2.24) is 4.57 Å². The highest BCUT2D eigenvalue weighted by atomic mass is 16.5. The van der Waals surface area contributed by atoms with E-state index in [-0.39, 0.29) is 12.5 Å². The van der Waals surface area contributed by atoms with Gasteiger partial charge in [0.1, 0.15) is 5.75 Å². The molecule has 0 N–H and O–H groups in total. The quantitative estimate of drug-likeness (QED) is 0.510. The maximum atomic E-state index is 12.8. The summed E-state index contributed by atoms with van der Waals surface area (Å²) in [7, 11) is 1.32. The van der Waals surface area contributed by atoms with Gasteiger partial charge in [-0.1, -0.05) is 54.6 Å². The Morgan fingerprint density at radius 1 is 0.889 bits per heavy atom. The first-order valence-electron chi connectivity index (χ1n) is 8.51. The summed E-state index contributed by atoms with van der Waals surface area (Å²) in [4.78, 5) is 24.8. The number of nitrogens with zero attached hydrogens (tertiary/aromatic N) is 1. The fourth-order valence-corrected chi connectivity index (χ4v) is 3.19. The molecule has 0 aliphatic heterocycles. The Labute approximate surface area is 155 Å². The molecule has 1 heterocycles. The molecule has 134 valence electrons. The van der Waals surface area contributed by atoms with Crippen LogP contribution < -0.4 is 4.74 Å². The van der Waals surface area contributed by atoms with E-state index in [0.717, 1.165) is 10.8 Å². The number of benzene rings is 3. The number of methoxy groups -OCH3 is 1. The number of hydrogen-bond acceptors (Lipinski definition) is 4. The van der Waals surface area contributed by atoms with E-state index >= 15 is 0 Å². The van der Waals surface area contributed by atoms with Gasteiger partial charge in [0.25, 0.3) is 5.91 Å². The number of fused-ring (bicyclic) bond motifs is 2. The zero-order chi connectivity index (χ0) is 18.8. The van der Waals surface area contributed by atoms with Crippen LogP contribution in [0.4, 0.5) is 0 Å². The molecule has 0 aliphatic rings. The minimum atomic E-state index is -0.479. The van der Waals surface area contributed by atoms with Crippen molar-refractivity contribution in [3.63, 3.8) is 0 Å². The van der Waals surface area contributed by atoms with Crippen LogP contribution in [0.3, 0.4) is 0 Å². The van der Waals surface area contributed by atoms with Crippen molar-refractivity contribution < 1.29 is 19.1 Å². The number of esters is 1. The van der Waals surface area contributed by atoms with E-state index in [2.05, 4.69) is 0 Å². The molecule has 0 spiro atoms. The number of ether oxygens (including phenoxy) is 2. The van der Waals surface area contributed by atoms with Gasteiger partial charge in [0.15, 0.2) is 6.61 Å². The Bertz CT molecular complexity index is 1150. The van der Waals surface area contributed by atoms with Crippen molar-refractivity contribution in [3.8, 4) is 5.75 Å². The number of carbonyl (C=O) groups excluding carboxylic acids is 2. The van der Waals surface area contributed by atoms with Gasteiger partial charge < -0.3 is 9.47 Å². The van der Waals surface area contributed by atoms with Crippen molar-refractivity contribution >= 4 is 33.6 Å². The van der Waals surface area contributed by atoms with Crippen molar-refractivity contribution in [2.24, 2.45) is 0 Å². The molecule has 0 atom stereocenters. The summed E-state index contributed by atoms with van der Waals surface area (Å²) in [6.07, 6.45) is 1.51. The van der Waals surface area contributed by atoms with E-state index in [4.69, 9.17) is 9.47 Å². The Balaban J connectivity index is 1.65. The summed E-state index contributed by atoms with van der Waals surface area (Å²) >= 11 is 0. The molecule has 0 fully saturated rings. The van der Waals surface area contributed by atoms with Crippen LogP contribution in [-0.4, -0.2) is 30.2 Å². The zero-order valence-corrected chi connectivity index (χ0v) is 14.7. The minimum Gasteiger partial charge on any atom is -0.483 e. The molecule has 0 radical (unpaired) electrons. The maximum absolute atomic E-state index is 12.8. The normalized spacial score (nSPS) is 10.9. The topological polar surface area (TPSA) is 57.5 Å². The zero-order valence-electron chi connectivity index (χ0n) is 14.7. The molecule has 3 aromatic carbocycles. The maximum Gasteiger partial charge on any atom is 0.340 e. The van der Waals surface area contributed by atoms with Gasteiger partial charge in [-0.05, 0) is 17.5 Å². The third-order valence-electron chi connectivity index (χ3n) is 4.49. The van der Waals surface area contributed by atoms with Crippen LogP contribution in [0.15, 0.2) is 72.9 Å². The molecular formula is C22H17NO4. The van der Waals surface area contributed by atoms with Crippen LogP contribution in [0.5, 0.6) is 5.75 Å². The van der Waals surface area contributed by atoms with Crippen LogP contribution >= 0.6 is 0 Å². The van der Waals surface area contributed by atoms with E-state index in [9.17, 15) is 9.59 Å². The molecule has 5 heteroatoms. The third kappa shape index (κ3) is 3.04. The predicted octanol–water partition coefficient (Wildman–Crippen LogP) is 4.30. The first kappa shape index (κ1) is 16.8. The average Bonchev–Trinajstić information content (AvgIpc) is 3.11. The molecule has 0 bridgehead atoms. The molecule has 5 nitrogen and oxygen atoms in total. The Kier molecular flexibility index (Phi) is 4.34. The monoisotopic (exact) mass is 359 g/mol. The summed E-state index contributed by atoms with van der Waals surface area (Å²) in [5, 5.41) is 2.66. The first-order valence-corrected chi connectivity index (χ1v) is 8.51. The van der Waals surface area contributed by atoms with Gasteiger partial charge in [-0.15, -0.1) is 0 Å². The lowest BCUT2D eigenvalue weighted by molar-refractivity contribution is 0.0603. The van der Waals surface area contributed by atoms with E-state index < -0.39 is 5.97 Å². The molecule has 0 saturated heterocycles. The molecular weight excluding hydrogens is 342 g/mol. The van der Waals surface area contributed by atoms with Crippen molar-refractivity contribution in [1.29, 1.82) is 0 Å². The summed E-state index contributed by atoms with van der Waals surface area (Å²) in [5.41, 5.74) is 0.996. The molecule has 0 amide bonds. The van der Waals surface area contributed by atoms with Gasteiger partial charge in [0.05, 0.1) is 18.2 Å². The lowest BCUT2D eigenvalue weighted by Gasteiger charge is -2.09. The molecule has 27 heavy (non-hydrogen) atoms. The fraction of sp³-hybridized carbons (Fsp3) is 0.0909. The molecule has 1 aromatic heterocycles. The van der Waals surface area contributed by atoms with E-state index in [1.54, 1.807) is 12.1 Å². The standard InChI is InChI=1S/C22H17NO4/c1-26-22(25)18-13-23(19-11-5-4-10-17(18)19)21(24)14-27-20-12-6-8-15-7-2-3-9-16(15)20/h2-13H,14H2,1H3. The lowest BCUT2D eigenvalue weighted by atomic mass is 10.1. The number of carbonyl (C=O) groups is 2. The summed E-state index contributed by atoms with van der Waals surface area (Å²) in [6.45, 7) is -0.146. The van der Waals surface area contributed by atoms with Crippen LogP contribution in [-0.2, 0) is 4.74 Å². The second-order valence-corrected chi connectivity index (χ2v) is 6.08. The highest BCUT2D eigenvalue weighted by molar-refractivity contribution is 6.07. The molecule has 0 aliphatic carbocycles. The molecule has 4 rings (SSSR count). The first-order chi connectivity index (χ1) is 13.2. The Hall–Kier alpha value is -3.60. The number of para-hydroxylation sites is 1. The van der Waals surface area contributed by atoms with Crippen LogP contribution in [0.25, 0.3) is 21.7 Å². The van der Waals surface area contributed by atoms with E-state index in [0.29, 0.717) is 22.2 Å². The average molecular weight is 359 g/mol. The molecule has 0 unspecified atom stereocenters. The SMILES string of the molecule is COC(=O)c1cn(C(=O)COc2cccc3ccccc23)c2ccccc12. The van der Waals surface area contributed by atoms with Crippen molar-refractivity contribution in [2.75, 3.05) is 13.7 Å². The Morgan fingerprint density at radius 2 is 1.59 bits per heavy atom. The number of hydrogen-bond donors (Lipinski definition) is 0. The van der Waals surface area contributed by atoms with Crippen LogP contribution in [0, 0.1) is 0 Å². The summed E-state index contributed by atoms with van der Waals surface area (Å²) in [6, 6.07) is 20.8. The van der Waals surface area contributed by atoms with E-state index in [1.165, 1.54) is 17.9 Å². The number of aromatic nitrogens is 1. The van der Waals surface area contributed by atoms with Gasteiger partial charge in [0.2, 0.25) is 0 Å². The molecule has 4 aromatic rings. The lowest BCUT2D eigenvalue weighted by Crippen LogP contribution is -2.18. The summed E-state index contributed by atoms with van der Waals surface area (Å²) < 4.78 is 12.1. The third-order valence-corrected chi connectivity index (χ3v) is 4.49. The van der Waals surface area contributed by atoms with Crippen LogP contribution in [0.2, 0.25) is 0 Å². The highest BCUT2D eigenvalue weighted by Crippen LogP contribution is 2.26. The highest BCUT2D eigenvalue weighted by Gasteiger charge is 2.19. The van der Waals surface area contributed by atoms with Gasteiger partial charge in [-0.2, -0.15) is 0 Å². The Morgan fingerprint density at radius 3 is 2.41 bits per heavy atom. The van der Waals surface area contributed by atoms with Gasteiger partial charge in [-0.3, -0.25) is 9.36 Å². The smallest absolute Gasteiger partial charge is 0.340 e.